The third-order valence-electron chi connectivity index (χ3n) is 3.11. The van der Waals surface area contributed by atoms with Crippen molar-refractivity contribution in [3.63, 3.8) is 0 Å². The lowest BCUT2D eigenvalue weighted by molar-refractivity contribution is 0.0625. The molecule has 1 aliphatic rings. The Morgan fingerprint density at radius 2 is 1.38 bits per heavy atom. The van der Waals surface area contributed by atoms with Crippen LogP contribution in [-0.4, -0.2) is 49.3 Å². The zero-order valence-corrected chi connectivity index (χ0v) is 11.8. The van der Waals surface area contributed by atoms with E-state index < -0.39 is 52.0 Å². The van der Waals surface area contributed by atoms with Gasteiger partial charge in [-0.2, -0.15) is 0 Å². The number of rotatable bonds is 5. The molecule has 0 unspecified atom stereocenters. The first-order chi connectivity index (χ1) is 11.3. The van der Waals surface area contributed by atoms with Crippen LogP contribution in [0, 0.1) is 0 Å². The molecule has 0 aromatic carbocycles. The Hall–Kier alpha value is -3.69. The molecule has 0 bridgehead atoms. The monoisotopic (exact) mass is 334 g/mol. The number of carboxylic acids is 4. The third-order valence-corrected chi connectivity index (χ3v) is 3.11. The van der Waals surface area contributed by atoms with Crippen LogP contribution in [0.15, 0.2) is 18.4 Å². The Labute approximate surface area is 133 Å². The van der Waals surface area contributed by atoms with Crippen molar-refractivity contribution in [2.75, 3.05) is 0 Å². The summed E-state index contributed by atoms with van der Waals surface area (Å²) in [5.41, 5.74) is -4.50. The van der Waals surface area contributed by atoms with Crippen molar-refractivity contribution in [2.24, 2.45) is 0 Å². The first-order valence-corrected chi connectivity index (χ1v) is 6.39. The lowest BCUT2D eigenvalue weighted by atomic mass is 9.94. The van der Waals surface area contributed by atoms with E-state index >= 15 is 0 Å². The highest BCUT2D eigenvalue weighted by atomic mass is 16.4. The molecule has 10 heteroatoms. The van der Waals surface area contributed by atoms with E-state index in [-0.39, 0.29) is 5.70 Å². The highest BCUT2D eigenvalue weighted by Gasteiger charge is 2.34. The molecule has 0 fully saturated rings. The average Bonchev–Trinajstić information content (AvgIpc) is 2.52. The van der Waals surface area contributed by atoms with Crippen molar-refractivity contribution in [2.45, 2.75) is 6.42 Å². The van der Waals surface area contributed by atoms with Gasteiger partial charge in [-0.3, -0.25) is 0 Å². The van der Waals surface area contributed by atoms with Crippen LogP contribution in [0.5, 0.6) is 0 Å². The van der Waals surface area contributed by atoms with Crippen molar-refractivity contribution in [1.29, 1.82) is 0 Å². The van der Waals surface area contributed by atoms with Crippen molar-refractivity contribution in [3.8, 4) is 0 Å². The fourth-order valence-electron chi connectivity index (χ4n) is 2.22. The van der Waals surface area contributed by atoms with Crippen molar-refractivity contribution in [1.82, 2.24) is 10.3 Å². The van der Waals surface area contributed by atoms with E-state index in [4.69, 9.17) is 10.2 Å². The summed E-state index contributed by atoms with van der Waals surface area (Å²) in [4.78, 5) is 48.9. The van der Waals surface area contributed by atoms with Gasteiger partial charge in [-0.05, 0) is 12.6 Å². The summed E-state index contributed by atoms with van der Waals surface area (Å²) in [6.07, 6.45) is 4.76. The van der Waals surface area contributed by atoms with Gasteiger partial charge >= 0.3 is 23.9 Å². The number of dihydropyridines is 1. The van der Waals surface area contributed by atoms with Crippen LogP contribution >= 0.6 is 0 Å². The smallest absolute Gasteiger partial charge is 0.355 e. The second kappa shape index (κ2) is 6.20. The average molecular weight is 334 g/mol. The predicted octanol–water partition coefficient (Wildman–Crippen LogP) is 0.722. The lowest BCUT2D eigenvalue weighted by Crippen LogP contribution is -2.25. The number of hydrogen-bond acceptors (Lipinski definition) is 6. The number of aromatic nitrogens is 1. The van der Waals surface area contributed by atoms with Crippen LogP contribution in [0.2, 0.25) is 0 Å². The maximum Gasteiger partial charge on any atom is 0.355 e. The summed E-state index contributed by atoms with van der Waals surface area (Å²) >= 11 is 0. The van der Waals surface area contributed by atoms with E-state index in [9.17, 15) is 29.4 Å². The van der Waals surface area contributed by atoms with Crippen molar-refractivity contribution in [3.05, 3.63) is 46.4 Å². The van der Waals surface area contributed by atoms with E-state index in [1.54, 1.807) is 6.08 Å². The standard InChI is InChI=1S/C14H10N2O8/c17-11(18)7-6(5-3-1-2-4-15-5)8(12(19)20)10(14(23)24)16-9(7)13(21)22/h2-4,15H,1H2,(H,17,18)(H,19,20)(H,21,22)(H,23,24). The topological polar surface area (TPSA) is 174 Å². The number of allylic oxidation sites excluding steroid dienone is 2. The SMILES string of the molecule is O=C(O)c1nc(C(=O)O)c(C(=O)O)c(C2=CCC=CN2)c1C(=O)O. The van der Waals surface area contributed by atoms with Gasteiger partial charge in [-0.15, -0.1) is 0 Å². The van der Waals surface area contributed by atoms with Crippen LogP contribution in [0.3, 0.4) is 0 Å². The molecule has 24 heavy (non-hydrogen) atoms. The number of nitrogens with zero attached hydrogens (tertiary/aromatic N) is 1. The number of carboxylic acid groups (broad SMARTS) is 4. The first-order valence-electron chi connectivity index (χ1n) is 6.39. The summed E-state index contributed by atoms with van der Waals surface area (Å²) in [6.45, 7) is 0. The molecule has 5 N–H and O–H groups in total. The molecule has 1 aromatic rings. The highest BCUT2D eigenvalue weighted by molar-refractivity contribution is 6.11. The summed E-state index contributed by atoms with van der Waals surface area (Å²) in [5, 5.41) is 39.6. The summed E-state index contributed by atoms with van der Waals surface area (Å²) in [6, 6.07) is 0. The van der Waals surface area contributed by atoms with Crippen LogP contribution in [0.25, 0.3) is 5.70 Å². The van der Waals surface area contributed by atoms with E-state index in [0.29, 0.717) is 6.42 Å². The van der Waals surface area contributed by atoms with Crippen molar-refractivity contribution >= 4 is 29.6 Å². The van der Waals surface area contributed by atoms with E-state index in [1.165, 1.54) is 12.3 Å². The maximum atomic E-state index is 11.5. The molecule has 1 aliphatic heterocycles. The van der Waals surface area contributed by atoms with Crippen LogP contribution in [0.1, 0.15) is 53.7 Å². The fraction of sp³-hybridized carbons (Fsp3) is 0.0714. The molecular weight excluding hydrogens is 324 g/mol. The Morgan fingerprint density at radius 3 is 1.71 bits per heavy atom. The van der Waals surface area contributed by atoms with E-state index in [1.807, 2.05) is 0 Å². The number of aromatic carboxylic acids is 4. The number of hydrogen-bond donors (Lipinski definition) is 5. The minimum absolute atomic E-state index is 0.0281. The highest BCUT2D eigenvalue weighted by Crippen LogP contribution is 2.29. The predicted molar refractivity (Wildman–Crippen MR) is 76.9 cm³/mol. The summed E-state index contributed by atoms with van der Waals surface area (Å²) in [7, 11) is 0. The molecule has 124 valence electrons. The molecule has 0 amide bonds. The molecule has 0 saturated carbocycles. The largest absolute Gasteiger partial charge is 0.478 e. The summed E-state index contributed by atoms with van der Waals surface area (Å²) in [5.74, 6) is -7.07. The Morgan fingerprint density at radius 1 is 0.875 bits per heavy atom. The fourth-order valence-corrected chi connectivity index (χ4v) is 2.22. The Kier molecular flexibility index (Phi) is 4.31. The van der Waals surface area contributed by atoms with E-state index in [2.05, 4.69) is 10.3 Å². The van der Waals surface area contributed by atoms with Gasteiger partial charge in [0.15, 0.2) is 11.4 Å². The number of pyridine rings is 1. The summed E-state index contributed by atoms with van der Waals surface area (Å²) < 4.78 is 0. The third kappa shape index (κ3) is 2.79. The van der Waals surface area contributed by atoms with Gasteiger partial charge in [0, 0.05) is 11.3 Å². The normalized spacial score (nSPS) is 12.9. The number of nitrogens with one attached hydrogen (secondary N) is 1. The number of carbonyl (C=O) groups is 4. The van der Waals surface area contributed by atoms with Crippen LogP contribution < -0.4 is 5.32 Å². The van der Waals surface area contributed by atoms with Gasteiger partial charge in [0.25, 0.3) is 0 Å². The molecule has 0 spiro atoms. The Balaban J connectivity index is 3.01. The molecule has 2 rings (SSSR count). The van der Waals surface area contributed by atoms with Gasteiger partial charge in [0.05, 0.1) is 0 Å². The van der Waals surface area contributed by atoms with Gasteiger partial charge in [-0.1, -0.05) is 12.2 Å². The zero-order valence-electron chi connectivity index (χ0n) is 11.8. The maximum absolute atomic E-state index is 11.5. The molecule has 2 heterocycles. The lowest BCUT2D eigenvalue weighted by Gasteiger charge is -2.18. The van der Waals surface area contributed by atoms with E-state index in [0.717, 1.165) is 0 Å². The Bertz CT molecular complexity index is 787. The zero-order chi connectivity index (χ0) is 18.0. The van der Waals surface area contributed by atoms with Crippen LogP contribution in [-0.2, 0) is 0 Å². The van der Waals surface area contributed by atoms with Crippen molar-refractivity contribution < 1.29 is 39.6 Å². The van der Waals surface area contributed by atoms with Gasteiger partial charge in [0.1, 0.15) is 11.1 Å². The molecule has 10 nitrogen and oxygen atoms in total. The second-order valence-electron chi connectivity index (χ2n) is 4.55. The van der Waals surface area contributed by atoms with Gasteiger partial charge < -0.3 is 25.7 Å². The van der Waals surface area contributed by atoms with Crippen LogP contribution in [0.4, 0.5) is 0 Å². The minimum atomic E-state index is -1.79. The molecule has 0 aliphatic carbocycles. The molecular formula is C14H10N2O8. The molecule has 0 saturated heterocycles. The molecule has 1 aromatic heterocycles. The second-order valence-corrected chi connectivity index (χ2v) is 4.55. The molecule has 0 atom stereocenters. The van der Waals surface area contributed by atoms with Gasteiger partial charge in [-0.25, -0.2) is 24.2 Å². The molecule has 0 radical (unpaired) electrons. The first kappa shape index (κ1) is 16.7. The van der Waals surface area contributed by atoms with Gasteiger partial charge in [0.2, 0.25) is 0 Å². The quantitative estimate of drug-likeness (QED) is 0.516. The minimum Gasteiger partial charge on any atom is -0.478 e.